The second-order valence-corrected chi connectivity index (χ2v) is 10.4. The van der Waals surface area contributed by atoms with E-state index >= 15 is 4.39 Å². The zero-order chi connectivity index (χ0) is 25.0. The molecule has 0 unspecified atom stereocenters. The van der Waals surface area contributed by atoms with E-state index in [9.17, 15) is 5.26 Å². The van der Waals surface area contributed by atoms with Crippen LogP contribution in [0.4, 0.5) is 4.39 Å². The van der Waals surface area contributed by atoms with E-state index in [0.29, 0.717) is 29.0 Å². The third kappa shape index (κ3) is 7.33. The first-order valence-corrected chi connectivity index (χ1v) is 14.0. The van der Waals surface area contributed by atoms with Crippen molar-refractivity contribution in [1.82, 2.24) is 0 Å². The van der Waals surface area contributed by atoms with Gasteiger partial charge in [0.1, 0.15) is 0 Å². The van der Waals surface area contributed by atoms with Gasteiger partial charge < -0.3 is 4.74 Å². The van der Waals surface area contributed by atoms with Crippen molar-refractivity contribution >= 4 is 0 Å². The van der Waals surface area contributed by atoms with E-state index in [2.05, 4.69) is 26.0 Å². The van der Waals surface area contributed by atoms with E-state index in [4.69, 9.17) is 4.74 Å². The molecule has 3 heteroatoms. The molecule has 0 radical (unpaired) electrons. The van der Waals surface area contributed by atoms with Crippen molar-refractivity contribution in [2.45, 2.75) is 110 Å². The highest BCUT2D eigenvalue weighted by atomic mass is 19.1. The van der Waals surface area contributed by atoms with Gasteiger partial charge in [-0.3, -0.25) is 0 Å². The maximum Gasteiger partial charge on any atom is 0.168 e. The van der Waals surface area contributed by atoms with Crippen LogP contribution in [0.25, 0.3) is 11.1 Å². The molecule has 1 fully saturated rings. The summed E-state index contributed by atoms with van der Waals surface area (Å²) in [7, 11) is 1.51. The number of nitrogens with zero attached hydrogens (tertiary/aromatic N) is 1. The molecule has 0 aliphatic heterocycles. The highest BCUT2D eigenvalue weighted by Gasteiger charge is 2.24. The van der Waals surface area contributed by atoms with Crippen LogP contribution in [0.1, 0.15) is 120 Å². The van der Waals surface area contributed by atoms with Gasteiger partial charge in [0.25, 0.3) is 0 Å². The Labute approximate surface area is 212 Å². The van der Waals surface area contributed by atoms with Gasteiger partial charge in [-0.05, 0) is 67.6 Å². The van der Waals surface area contributed by atoms with Gasteiger partial charge in [0.2, 0.25) is 0 Å². The number of nitriles is 1. The fraction of sp³-hybridized carbons (Fsp3) is 0.594. The summed E-state index contributed by atoms with van der Waals surface area (Å²) >= 11 is 0. The van der Waals surface area contributed by atoms with Crippen LogP contribution in [0.5, 0.6) is 5.75 Å². The molecule has 0 atom stereocenters. The molecule has 2 nitrogen and oxygen atoms in total. The Bertz CT molecular complexity index is 968. The lowest BCUT2D eigenvalue weighted by molar-refractivity contribution is 0.302. The molecule has 1 saturated carbocycles. The maximum atomic E-state index is 15.2. The number of rotatable bonds is 13. The molecule has 0 heterocycles. The average molecular weight is 478 g/mol. The Morgan fingerprint density at radius 1 is 0.886 bits per heavy atom. The number of hydrogen-bond donors (Lipinski definition) is 0. The predicted molar refractivity (Wildman–Crippen MR) is 144 cm³/mol. The van der Waals surface area contributed by atoms with Gasteiger partial charge in [-0.2, -0.15) is 5.26 Å². The summed E-state index contributed by atoms with van der Waals surface area (Å²) in [6.07, 6.45) is 17.0. The van der Waals surface area contributed by atoms with E-state index in [1.807, 2.05) is 24.3 Å². The zero-order valence-electron chi connectivity index (χ0n) is 22.2. The third-order valence-corrected chi connectivity index (χ3v) is 7.92. The lowest BCUT2D eigenvalue weighted by Crippen LogP contribution is -2.13. The molecular weight excluding hydrogens is 433 g/mol. The van der Waals surface area contributed by atoms with Crippen molar-refractivity contribution in [3.63, 3.8) is 0 Å². The van der Waals surface area contributed by atoms with E-state index in [1.165, 1.54) is 76.9 Å². The lowest BCUT2D eigenvalue weighted by Gasteiger charge is -2.29. The van der Waals surface area contributed by atoms with E-state index in [1.54, 1.807) is 0 Å². The molecule has 0 amide bonds. The fourth-order valence-electron chi connectivity index (χ4n) is 5.73. The first-order valence-electron chi connectivity index (χ1n) is 14.0. The van der Waals surface area contributed by atoms with E-state index in [-0.39, 0.29) is 11.6 Å². The lowest BCUT2D eigenvalue weighted by atomic mass is 9.76. The zero-order valence-corrected chi connectivity index (χ0v) is 22.2. The summed E-state index contributed by atoms with van der Waals surface area (Å²) in [5.74, 6) is 1.35. The molecule has 3 rings (SSSR count). The molecule has 35 heavy (non-hydrogen) atoms. The molecule has 0 aromatic heterocycles. The third-order valence-electron chi connectivity index (χ3n) is 7.92. The highest BCUT2D eigenvalue weighted by Crippen LogP contribution is 2.41. The van der Waals surface area contributed by atoms with Gasteiger partial charge in [-0.1, -0.05) is 89.5 Å². The smallest absolute Gasteiger partial charge is 0.168 e. The molecule has 0 spiro atoms. The van der Waals surface area contributed by atoms with Crippen molar-refractivity contribution < 1.29 is 9.13 Å². The Morgan fingerprint density at radius 3 is 2.26 bits per heavy atom. The van der Waals surface area contributed by atoms with Crippen molar-refractivity contribution in [3.8, 4) is 22.9 Å². The molecular formula is C32H44FNO. The van der Waals surface area contributed by atoms with Crippen molar-refractivity contribution in [3.05, 3.63) is 52.8 Å². The Balaban J connectivity index is 1.69. The van der Waals surface area contributed by atoms with Crippen LogP contribution in [0, 0.1) is 23.1 Å². The van der Waals surface area contributed by atoms with Crippen LogP contribution in [0.15, 0.2) is 30.3 Å². The minimum Gasteiger partial charge on any atom is -0.493 e. The second-order valence-electron chi connectivity index (χ2n) is 10.4. The molecule has 2 aromatic carbocycles. The van der Waals surface area contributed by atoms with Gasteiger partial charge in [0.15, 0.2) is 11.6 Å². The summed E-state index contributed by atoms with van der Waals surface area (Å²) in [4.78, 5) is 0. The van der Waals surface area contributed by atoms with Crippen LogP contribution >= 0.6 is 0 Å². The predicted octanol–water partition coefficient (Wildman–Crippen LogP) is 9.74. The quantitative estimate of drug-likeness (QED) is 0.269. The summed E-state index contributed by atoms with van der Waals surface area (Å²) in [5.41, 5.74) is 3.97. The largest absolute Gasteiger partial charge is 0.493 e. The molecule has 190 valence electrons. The number of unbranched alkanes of at least 4 members (excludes halogenated alkanes) is 6. The first kappa shape index (κ1) is 27.3. The number of hydrogen-bond acceptors (Lipinski definition) is 2. The van der Waals surface area contributed by atoms with Crippen LogP contribution in [0.3, 0.4) is 0 Å². The van der Waals surface area contributed by atoms with Crippen LogP contribution < -0.4 is 4.74 Å². The Morgan fingerprint density at radius 2 is 1.57 bits per heavy atom. The number of halogens is 1. The van der Waals surface area contributed by atoms with Gasteiger partial charge in [-0.25, -0.2) is 4.39 Å². The summed E-state index contributed by atoms with van der Waals surface area (Å²) < 4.78 is 20.7. The van der Waals surface area contributed by atoms with E-state index < -0.39 is 0 Å². The Hall–Kier alpha value is -2.34. The van der Waals surface area contributed by atoms with Crippen molar-refractivity contribution in [2.24, 2.45) is 5.92 Å². The fourth-order valence-corrected chi connectivity index (χ4v) is 5.73. The highest BCUT2D eigenvalue weighted by molar-refractivity contribution is 5.77. The molecule has 0 N–H and O–H groups in total. The van der Waals surface area contributed by atoms with Crippen LogP contribution in [-0.2, 0) is 6.42 Å². The SMILES string of the molecule is CCCCCCCC1CCC(c2ccc(-c3ccc(CCCCC)c(F)c3OC)c(C#N)c2)CC1. The minimum absolute atomic E-state index is 0.252. The number of methoxy groups -OCH3 is 1. The number of aryl methyl sites for hydroxylation is 1. The molecule has 1 aliphatic rings. The van der Waals surface area contributed by atoms with Gasteiger partial charge in [0.05, 0.1) is 18.7 Å². The van der Waals surface area contributed by atoms with Crippen molar-refractivity contribution in [2.75, 3.05) is 7.11 Å². The first-order chi connectivity index (χ1) is 17.1. The number of ether oxygens (including phenoxy) is 1. The second kappa shape index (κ2) is 14.3. The van der Waals surface area contributed by atoms with Gasteiger partial charge >= 0.3 is 0 Å². The van der Waals surface area contributed by atoms with Crippen molar-refractivity contribution in [1.29, 1.82) is 5.26 Å². The Kier molecular flexibility index (Phi) is 11.1. The minimum atomic E-state index is -0.290. The van der Waals surface area contributed by atoms with Gasteiger partial charge in [0, 0.05) is 11.1 Å². The number of benzene rings is 2. The maximum absolute atomic E-state index is 15.2. The van der Waals surface area contributed by atoms with E-state index in [0.717, 1.165) is 30.7 Å². The molecule has 0 saturated heterocycles. The van der Waals surface area contributed by atoms with Crippen LogP contribution in [-0.4, -0.2) is 7.11 Å². The normalized spacial score (nSPS) is 17.8. The molecule has 0 bridgehead atoms. The molecule has 1 aliphatic carbocycles. The topological polar surface area (TPSA) is 33.0 Å². The monoisotopic (exact) mass is 477 g/mol. The summed E-state index contributed by atoms with van der Waals surface area (Å²) in [5, 5.41) is 9.95. The summed E-state index contributed by atoms with van der Waals surface area (Å²) in [6, 6.07) is 12.4. The standard InChI is InChI=1S/C32H44FNO/c1-4-6-8-9-11-12-24-14-16-25(17-15-24)27-19-20-29(28(22-27)23-34)30-21-18-26(13-10-7-5-2)31(33)32(30)35-3/h18-22,24-25H,4-17H2,1-3H3. The molecule has 2 aromatic rings. The average Bonchev–Trinajstić information content (AvgIpc) is 2.89. The summed E-state index contributed by atoms with van der Waals surface area (Å²) in [6.45, 7) is 4.42. The van der Waals surface area contributed by atoms with Gasteiger partial charge in [-0.15, -0.1) is 0 Å². The van der Waals surface area contributed by atoms with Crippen LogP contribution in [0.2, 0.25) is 0 Å².